The van der Waals surface area contributed by atoms with Gasteiger partial charge < -0.3 is 19.6 Å². The van der Waals surface area contributed by atoms with Gasteiger partial charge in [0.15, 0.2) is 0 Å². The zero-order chi connectivity index (χ0) is 25.8. The third kappa shape index (κ3) is 4.80. The largest absolute Gasteiger partial charge is 0.465 e. The molecule has 0 aliphatic carbocycles. The molecule has 0 saturated carbocycles. The van der Waals surface area contributed by atoms with Gasteiger partial charge in [0.25, 0.3) is 5.91 Å². The third-order valence-electron chi connectivity index (χ3n) is 6.36. The predicted molar refractivity (Wildman–Crippen MR) is 140 cm³/mol. The Hall–Kier alpha value is -4.57. The maximum atomic E-state index is 12.8. The van der Waals surface area contributed by atoms with Crippen molar-refractivity contribution in [2.75, 3.05) is 13.7 Å². The molecular formula is C29H28N4O3. The number of aromatic amines is 1. The molecule has 2 N–H and O–H groups in total. The standard InChI is InChI=1S/C29H28N4O3/c1-18-9-10-21(29(35)36-4)15-27(18)33-19(2)13-23(20(33)3)14-24(16-30)28(34)31-12-11-22-17-32-26-8-6-5-7-25(22)26/h5-10,13-15,17,32H,11-12H2,1-4H3,(H,31,34)/b24-14-. The summed E-state index contributed by atoms with van der Waals surface area (Å²) in [5.74, 6) is -0.819. The topological polar surface area (TPSA) is 99.9 Å². The summed E-state index contributed by atoms with van der Waals surface area (Å²) in [4.78, 5) is 28.1. The van der Waals surface area contributed by atoms with E-state index in [4.69, 9.17) is 4.74 Å². The number of H-pyrrole nitrogens is 1. The van der Waals surface area contributed by atoms with E-state index in [1.165, 1.54) is 7.11 Å². The van der Waals surface area contributed by atoms with Crippen LogP contribution in [0.4, 0.5) is 0 Å². The fraction of sp³-hybridized carbons (Fsp3) is 0.207. The van der Waals surface area contributed by atoms with Crippen molar-refractivity contribution in [1.82, 2.24) is 14.9 Å². The molecule has 4 rings (SSSR count). The smallest absolute Gasteiger partial charge is 0.337 e. The molecule has 7 nitrogen and oxygen atoms in total. The molecule has 2 aromatic carbocycles. The van der Waals surface area contributed by atoms with Crippen molar-refractivity contribution in [2.24, 2.45) is 0 Å². The van der Waals surface area contributed by atoms with E-state index in [-0.39, 0.29) is 5.57 Å². The Morgan fingerprint density at radius 2 is 1.92 bits per heavy atom. The maximum Gasteiger partial charge on any atom is 0.337 e. The summed E-state index contributed by atoms with van der Waals surface area (Å²) in [6, 6.07) is 17.4. The number of esters is 1. The molecule has 0 aliphatic rings. The number of rotatable bonds is 7. The van der Waals surface area contributed by atoms with Gasteiger partial charge in [-0.15, -0.1) is 0 Å². The number of ether oxygens (including phenoxy) is 1. The number of para-hydroxylation sites is 1. The molecular weight excluding hydrogens is 452 g/mol. The number of amides is 1. The van der Waals surface area contributed by atoms with Crippen LogP contribution < -0.4 is 5.32 Å². The van der Waals surface area contributed by atoms with Crippen molar-refractivity contribution in [3.8, 4) is 11.8 Å². The summed E-state index contributed by atoms with van der Waals surface area (Å²) in [6.07, 6.45) is 4.21. The van der Waals surface area contributed by atoms with E-state index in [9.17, 15) is 14.9 Å². The molecule has 0 unspecified atom stereocenters. The number of fused-ring (bicyclic) bond motifs is 1. The molecule has 182 valence electrons. The highest BCUT2D eigenvalue weighted by molar-refractivity contribution is 6.02. The number of carbonyl (C=O) groups excluding carboxylic acids is 2. The molecule has 0 atom stereocenters. The quantitative estimate of drug-likeness (QED) is 0.222. The number of hydrogen-bond acceptors (Lipinski definition) is 4. The minimum absolute atomic E-state index is 0.0363. The zero-order valence-electron chi connectivity index (χ0n) is 20.8. The zero-order valence-corrected chi connectivity index (χ0v) is 20.8. The van der Waals surface area contributed by atoms with E-state index < -0.39 is 11.9 Å². The van der Waals surface area contributed by atoms with Crippen LogP contribution in [-0.4, -0.2) is 35.1 Å². The normalized spacial score (nSPS) is 11.4. The lowest BCUT2D eigenvalue weighted by Crippen LogP contribution is -2.26. The summed E-state index contributed by atoms with van der Waals surface area (Å²) in [5.41, 5.74) is 7.02. The number of aromatic nitrogens is 2. The number of nitrogens with zero attached hydrogens (tertiary/aromatic N) is 2. The Labute approximate surface area is 210 Å². The second kappa shape index (κ2) is 10.4. The Morgan fingerprint density at radius 3 is 2.67 bits per heavy atom. The fourth-order valence-electron chi connectivity index (χ4n) is 4.45. The van der Waals surface area contributed by atoms with Crippen LogP contribution in [0.5, 0.6) is 0 Å². The average molecular weight is 481 g/mol. The van der Waals surface area contributed by atoms with Crippen LogP contribution in [0.25, 0.3) is 22.7 Å². The maximum absolute atomic E-state index is 12.8. The van der Waals surface area contributed by atoms with E-state index >= 15 is 0 Å². The van der Waals surface area contributed by atoms with Gasteiger partial charge in [0.2, 0.25) is 0 Å². The SMILES string of the molecule is COC(=O)c1ccc(C)c(-n2c(C)cc(/C=C(/C#N)C(=O)NCCc3c[nH]c4ccccc34)c2C)c1. The van der Waals surface area contributed by atoms with Gasteiger partial charge in [-0.05, 0) is 74.2 Å². The van der Waals surface area contributed by atoms with Gasteiger partial charge in [-0.25, -0.2) is 4.79 Å². The molecule has 0 saturated heterocycles. The first-order valence-corrected chi connectivity index (χ1v) is 11.7. The number of aryl methyl sites for hydroxylation is 2. The minimum atomic E-state index is -0.411. The summed E-state index contributed by atoms with van der Waals surface area (Å²) in [6.45, 7) is 6.25. The lowest BCUT2D eigenvalue weighted by molar-refractivity contribution is -0.117. The van der Waals surface area contributed by atoms with Gasteiger partial charge in [-0.2, -0.15) is 5.26 Å². The van der Waals surface area contributed by atoms with E-state index in [0.29, 0.717) is 18.5 Å². The molecule has 0 fully saturated rings. The van der Waals surface area contributed by atoms with Crippen LogP contribution in [0, 0.1) is 32.1 Å². The predicted octanol–water partition coefficient (Wildman–Crippen LogP) is 4.94. The summed E-state index contributed by atoms with van der Waals surface area (Å²) in [7, 11) is 1.35. The molecule has 1 amide bonds. The number of nitriles is 1. The molecule has 4 aromatic rings. The molecule has 0 bridgehead atoms. The number of carbonyl (C=O) groups is 2. The summed E-state index contributed by atoms with van der Waals surface area (Å²) < 4.78 is 6.87. The number of nitrogens with one attached hydrogen (secondary N) is 2. The van der Waals surface area contributed by atoms with Crippen molar-refractivity contribution in [3.63, 3.8) is 0 Å². The van der Waals surface area contributed by atoms with Gasteiger partial charge >= 0.3 is 5.97 Å². The average Bonchev–Trinajstić information content (AvgIpc) is 3.42. The van der Waals surface area contributed by atoms with Crippen LogP contribution in [0.1, 0.15) is 38.4 Å². The number of hydrogen-bond donors (Lipinski definition) is 2. The fourth-order valence-corrected chi connectivity index (χ4v) is 4.45. The third-order valence-corrected chi connectivity index (χ3v) is 6.36. The second-order valence-corrected chi connectivity index (χ2v) is 8.69. The number of benzene rings is 2. The van der Waals surface area contributed by atoms with Crippen LogP contribution in [-0.2, 0) is 16.0 Å². The Kier molecular flexibility index (Phi) is 7.07. The molecule has 2 heterocycles. The van der Waals surface area contributed by atoms with Crippen LogP contribution in [0.15, 0.2) is 60.3 Å². The first-order chi connectivity index (χ1) is 17.3. The second-order valence-electron chi connectivity index (χ2n) is 8.69. The molecule has 7 heteroatoms. The summed E-state index contributed by atoms with van der Waals surface area (Å²) in [5, 5.41) is 13.7. The monoisotopic (exact) mass is 480 g/mol. The summed E-state index contributed by atoms with van der Waals surface area (Å²) >= 11 is 0. The first-order valence-electron chi connectivity index (χ1n) is 11.7. The van der Waals surface area contributed by atoms with Crippen LogP contribution in [0.3, 0.4) is 0 Å². The van der Waals surface area contributed by atoms with Gasteiger partial charge in [0, 0.05) is 40.7 Å². The van der Waals surface area contributed by atoms with Crippen molar-refractivity contribution in [3.05, 3.63) is 93.9 Å². The highest BCUT2D eigenvalue weighted by Crippen LogP contribution is 2.26. The molecule has 2 aromatic heterocycles. The van der Waals surface area contributed by atoms with E-state index in [1.54, 1.807) is 18.2 Å². The van der Waals surface area contributed by atoms with Crippen molar-refractivity contribution < 1.29 is 14.3 Å². The number of methoxy groups -OCH3 is 1. The van der Waals surface area contributed by atoms with Crippen molar-refractivity contribution in [2.45, 2.75) is 27.2 Å². The minimum Gasteiger partial charge on any atom is -0.465 e. The van der Waals surface area contributed by atoms with E-state index in [1.807, 2.05) is 74.0 Å². The van der Waals surface area contributed by atoms with Crippen molar-refractivity contribution >= 4 is 28.9 Å². The molecule has 0 spiro atoms. The Balaban J connectivity index is 1.54. The molecule has 0 radical (unpaired) electrons. The van der Waals surface area contributed by atoms with Crippen LogP contribution >= 0.6 is 0 Å². The van der Waals surface area contributed by atoms with Gasteiger partial charge in [-0.3, -0.25) is 4.79 Å². The molecule has 0 aliphatic heterocycles. The first kappa shape index (κ1) is 24.6. The Morgan fingerprint density at radius 1 is 1.14 bits per heavy atom. The van der Waals surface area contributed by atoms with E-state index in [0.717, 1.165) is 44.7 Å². The van der Waals surface area contributed by atoms with Crippen LogP contribution in [0.2, 0.25) is 0 Å². The van der Waals surface area contributed by atoms with Gasteiger partial charge in [-0.1, -0.05) is 24.3 Å². The lowest BCUT2D eigenvalue weighted by Gasteiger charge is -2.14. The Bertz CT molecular complexity index is 1530. The van der Waals surface area contributed by atoms with Crippen molar-refractivity contribution in [1.29, 1.82) is 5.26 Å². The highest BCUT2D eigenvalue weighted by Gasteiger charge is 2.16. The van der Waals surface area contributed by atoms with Gasteiger partial charge in [0.05, 0.1) is 12.7 Å². The van der Waals surface area contributed by atoms with E-state index in [2.05, 4.69) is 10.3 Å². The van der Waals surface area contributed by atoms with Gasteiger partial charge in [0.1, 0.15) is 11.6 Å². The lowest BCUT2D eigenvalue weighted by atomic mass is 10.1. The highest BCUT2D eigenvalue weighted by atomic mass is 16.5. The molecule has 36 heavy (non-hydrogen) atoms.